The van der Waals surface area contributed by atoms with Crippen LogP contribution in [0.3, 0.4) is 0 Å². The van der Waals surface area contributed by atoms with E-state index in [9.17, 15) is 14.4 Å². The van der Waals surface area contributed by atoms with E-state index in [1.54, 1.807) is 35.8 Å². The molecule has 1 aliphatic heterocycles. The predicted octanol–water partition coefficient (Wildman–Crippen LogP) is 1.84. The van der Waals surface area contributed by atoms with Gasteiger partial charge in [0.2, 0.25) is 6.10 Å². The second kappa shape index (κ2) is 7.61. The predicted molar refractivity (Wildman–Crippen MR) is 96.5 cm³/mol. The number of hydrogen-bond acceptors (Lipinski definition) is 6. The Balaban J connectivity index is 1.63. The van der Waals surface area contributed by atoms with Gasteiger partial charge in [-0.1, -0.05) is 19.1 Å². The lowest BCUT2D eigenvalue weighted by atomic mass is 10.1. The lowest BCUT2D eigenvalue weighted by molar-refractivity contribution is -0.129. The van der Waals surface area contributed by atoms with Crippen LogP contribution in [-0.4, -0.2) is 40.1 Å². The first-order valence-corrected chi connectivity index (χ1v) is 8.69. The number of imide groups is 1. The molecule has 0 bridgehead atoms. The molecule has 0 spiro atoms. The van der Waals surface area contributed by atoms with E-state index >= 15 is 0 Å². The van der Waals surface area contributed by atoms with Crippen LogP contribution >= 0.6 is 0 Å². The molecule has 0 saturated carbocycles. The number of rotatable bonds is 6. The summed E-state index contributed by atoms with van der Waals surface area (Å²) in [5, 5.41) is 0. The van der Waals surface area contributed by atoms with Crippen molar-refractivity contribution in [3.8, 4) is 5.75 Å². The average Bonchev–Trinajstić information content (AvgIpc) is 2.91. The summed E-state index contributed by atoms with van der Waals surface area (Å²) in [6, 6.07) is 8.27. The number of hydrogen-bond donors (Lipinski definition) is 0. The van der Waals surface area contributed by atoms with Crippen LogP contribution in [0.25, 0.3) is 0 Å². The van der Waals surface area contributed by atoms with Gasteiger partial charge in [0.05, 0.1) is 6.54 Å². The number of cyclic esters (lactones) is 1. The summed E-state index contributed by atoms with van der Waals surface area (Å²) < 4.78 is 12.3. The monoisotopic (exact) mass is 371 g/mol. The molecule has 142 valence electrons. The first-order valence-electron chi connectivity index (χ1n) is 8.69. The number of likely N-dealkylation sites (N-methyl/N-ethyl adjacent to an activating group) is 1. The van der Waals surface area contributed by atoms with E-state index in [-0.39, 0.29) is 5.56 Å². The molecular formula is C19H21N3O5. The van der Waals surface area contributed by atoms with E-state index in [0.29, 0.717) is 36.6 Å². The third-order valence-corrected chi connectivity index (χ3v) is 4.35. The molecule has 1 aromatic carbocycles. The first kappa shape index (κ1) is 18.6. The zero-order valence-corrected chi connectivity index (χ0v) is 15.5. The van der Waals surface area contributed by atoms with Crippen molar-refractivity contribution >= 4 is 12.0 Å². The average molecular weight is 371 g/mol. The zero-order chi connectivity index (χ0) is 19.6. The fraction of sp³-hybridized carbons (Fsp3) is 0.368. The lowest BCUT2D eigenvalue weighted by Crippen LogP contribution is -2.27. The largest absolute Gasteiger partial charge is 0.492 e. The van der Waals surface area contributed by atoms with E-state index < -0.39 is 18.1 Å². The quantitative estimate of drug-likeness (QED) is 0.770. The summed E-state index contributed by atoms with van der Waals surface area (Å²) in [6.45, 7) is 4.44. The molecule has 0 N–H and O–H groups in total. The number of ether oxygens (including phenoxy) is 2. The Morgan fingerprint density at radius 3 is 2.48 bits per heavy atom. The highest BCUT2D eigenvalue weighted by atomic mass is 16.6. The van der Waals surface area contributed by atoms with Crippen molar-refractivity contribution in [1.29, 1.82) is 0 Å². The van der Waals surface area contributed by atoms with Gasteiger partial charge in [-0.2, -0.15) is 0 Å². The molecule has 3 rings (SSSR count). The van der Waals surface area contributed by atoms with Gasteiger partial charge in [0.15, 0.2) is 0 Å². The van der Waals surface area contributed by atoms with Crippen molar-refractivity contribution in [3.05, 3.63) is 57.8 Å². The van der Waals surface area contributed by atoms with E-state index in [0.717, 1.165) is 10.7 Å². The molecule has 1 atom stereocenters. The van der Waals surface area contributed by atoms with Crippen molar-refractivity contribution in [1.82, 2.24) is 14.5 Å². The Hall–Kier alpha value is -3.16. The molecule has 1 saturated heterocycles. The van der Waals surface area contributed by atoms with Crippen LogP contribution in [0.4, 0.5) is 4.79 Å². The van der Waals surface area contributed by atoms with Crippen molar-refractivity contribution in [3.63, 3.8) is 0 Å². The van der Waals surface area contributed by atoms with E-state index in [1.807, 2.05) is 6.92 Å². The maximum absolute atomic E-state index is 12.1. The molecule has 2 amide bonds. The second-order valence-corrected chi connectivity index (χ2v) is 6.24. The van der Waals surface area contributed by atoms with E-state index in [1.165, 1.54) is 13.1 Å². The summed E-state index contributed by atoms with van der Waals surface area (Å²) in [5.41, 5.74) is 1.19. The minimum absolute atomic E-state index is 0.0935. The van der Waals surface area contributed by atoms with Crippen LogP contribution in [0.15, 0.2) is 35.1 Å². The Labute approximate surface area is 156 Å². The molecule has 27 heavy (non-hydrogen) atoms. The summed E-state index contributed by atoms with van der Waals surface area (Å²) >= 11 is 0. The van der Waals surface area contributed by atoms with Gasteiger partial charge in [-0.3, -0.25) is 14.2 Å². The lowest BCUT2D eigenvalue weighted by Gasteiger charge is -2.13. The molecule has 1 aliphatic rings. The molecule has 2 heterocycles. The minimum Gasteiger partial charge on any atom is -0.492 e. The van der Waals surface area contributed by atoms with Gasteiger partial charge >= 0.3 is 6.09 Å². The number of amides is 2. The van der Waals surface area contributed by atoms with Gasteiger partial charge < -0.3 is 9.47 Å². The number of carbonyl (C=O) groups excluding carboxylic acids is 2. The van der Waals surface area contributed by atoms with Crippen molar-refractivity contribution in [2.24, 2.45) is 0 Å². The van der Waals surface area contributed by atoms with Crippen LogP contribution in [0, 0.1) is 6.92 Å². The van der Waals surface area contributed by atoms with E-state index in [2.05, 4.69) is 4.98 Å². The van der Waals surface area contributed by atoms with Gasteiger partial charge in [0.1, 0.15) is 18.2 Å². The fourth-order valence-electron chi connectivity index (χ4n) is 2.89. The maximum Gasteiger partial charge on any atom is 0.417 e. The second-order valence-electron chi connectivity index (χ2n) is 6.24. The van der Waals surface area contributed by atoms with Gasteiger partial charge in [-0.15, -0.1) is 0 Å². The third kappa shape index (κ3) is 3.84. The van der Waals surface area contributed by atoms with E-state index in [4.69, 9.17) is 9.47 Å². The molecule has 0 aliphatic carbocycles. The Morgan fingerprint density at radius 1 is 1.19 bits per heavy atom. The van der Waals surface area contributed by atoms with Crippen LogP contribution in [0.1, 0.15) is 30.1 Å². The molecular weight excluding hydrogens is 350 g/mol. The summed E-state index contributed by atoms with van der Waals surface area (Å²) in [7, 11) is 1.38. The van der Waals surface area contributed by atoms with Crippen LogP contribution < -0.4 is 10.3 Å². The van der Waals surface area contributed by atoms with Gasteiger partial charge in [-0.05, 0) is 19.1 Å². The molecule has 2 aromatic rings. The summed E-state index contributed by atoms with van der Waals surface area (Å²) in [6.07, 6.45) is -0.913. The number of carbonyl (C=O) groups is 2. The van der Waals surface area contributed by atoms with Crippen molar-refractivity contribution in [2.45, 2.75) is 32.9 Å². The number of aromatic nitrogens is 2. The molecule has 1 unspecified atom stereocenters. The van der Waals surface area contributed by atoms with Crippen LogP contribution in [0.5, 0.6) is 5.75 Å². The van der Waals surface area contributed by atoms with Gasteiger partial charge in [0.25, 0.3) is 11.5 Å². The molecule has 0 radical (unpaired) electrons. The first-order chi connectivity index (χ1) is 12.9. The Morgan fingerprint density at radius 2 is 1.89 bits per heavy atom. The summed E-state index contributed by atoms with van der Waals surface area (Å²) in [5.74, 6) is 0.923. The van der Waals surface area contributed by atoms with Gasteiger partial charge in [0, 0.05) is 30.8 Å². The van der Waals surface area contributed by atoms with Gasteiger partial charge in [-0.25, -0.2) is 14.7 Å². The molecule has 8 nitrogen and oxygen atoms in total. The standard InChI is InChI=1S/C19H21N3O5/c1-4-15-20-12(2)11-16(23)22(15)9-10-26-14-7-5-13(6-8-14)17-18(24)21(3)19(25)27-17/h5-8,11,17H,4,9-10H2,1-3H3. The molecule has 1 aromatic heterocycles. The smallest absolute Gasteiger partial charge is 0.417 e. The highest BCUT2D eigenvalue weighted by Gasteiger charge is 2.38. The molecule has 1 fully saturated rings. The normalized spacial score (nSPS) is 16.6. The summed E-state index contributed by atoms with van der Waals surface area (Å²) in [4.78, 5) is 40.9. The third-order valence-electron chi connectivity index (χ3n) is 4.35. The number of benzene rings is 1. The number of nitrogens with zero attached hydrogens (tertiary/aromatic N) is 3. The molecule has 8 heteroatoms. The highest BCUT2D eigenvalue weighted by Crippen LogP contribution is 2.27. The SMILES string of the molecule is CCc1nc(C)cc(=O)n1CCOc1ccc(C2OC(=O)N(C)C2=O)cc1. The van der Waals surface area contributed by atoms with Crippen LogP contribution in [-0.2, 0) is 22.5 Å². The van der Waals surface area contributed by atoms with Crippen molar-refractivity contribution < 1.29 is 19.1 Å². The van der Waals surface area contributed by atoms with Crippen molar-refractivity contribution in [2.75, 3.05) is 13.7 Å². The number of aryl methyl sites for hydroxylation is 2. The maximum atomic E-state index is 12.1. The Bertz CT molecular complexity index is 920. The fourth-order valence-corrected chi connectivity index (χ4v) is 2.89. The zero-order valence-electron chi connectivity index (χ0n) is 15.5. The Kier molecular flexibility index (Phi) is 5.25. The highest BCUT2D eigenvalue weighted by molar-refractivity contribution is 6.00. The van der Waals surface area contributed by atoms with Crippen LogP contribution in [0.2, 0.25) is 0 Å². The topological polar surface area (TPSA) is 90.7 Å². The minimum atomic E-state index is -0.916.